The van der Waals surface area contributed by atoms with Gasteiger partial charge in [-0.15, -0.1) is 22.7 Å². The molecule has 0 aliphatic rings. The first-order chi connectivity index (χ1) is 31.7. The summed E-state index contributed by atoms with van der Waals surface area (Å²) in [4.78, 5) is 12.3. The van der Waals surface area contributed by atoms with Gasteiger partial charge in [0.05, 0.1) is 38.0 Å². The Morgan fingerprint density at radius 2 is 1.05 bits per heavy atom. The van der Waals surface area contributed by atoms with Crippen molar-refractivity contribution in [2.24, 2.45) is 0 Å². The summed E-state index contributed by atoms with van der Waals surface area (Å²) in [6.07, 6.45) is 0. The molecule has 14 aromatic rings. The SMILES string of the molecule is c1ccc(-c2cc3nc(-n4c5ccc(-c6cccc7c8ccccc8n(-c8ccccc8)c67)cc5c5cc6ccccc6cc54)nc(-c4ccc5sc6ccccc6c5c4)c3s2)cc1. The summed E-state index contributed by atoms with van der Waals surface area (Å²) in [6, 6.07) is 74.9. The van der Waals surface area contributed by atoms with Crippen molar-refractivity contribution in [2.45, 2.75) is 0 Å². The predicted octanol–water partition coefficient (Wildman–Crippen LogP) is 16.4. The minimum absolute atomic E-state index is 0.657. The summed E-state index contributed by atoms with van der Waals surface area (Å²) in [6.45, 7) is 0. The molecule has 0 bridgehead atoms. The molecule has 0 saturated heterocycles. The molecule has 5 heterocycles. The first-order valence-electron chi connectivity index (χ1n) is 21.6. The van der Waals surface area contributed by atoms with Crippen molar-refractivity contribution in [3.05, 3.63) is 206 Å². The van der Waals surface area contributed by atoms with Crippen LogP contribution in [0.1, 0.15) is 0 Å². The van der Waals surface area contributed by atoms with Crippen LogP contribution in [0.15, 0.2) is 206 Å². The first-order valence-corrected chi connectivity index (χ1v) is 23.2. The molecule has 5 aromatic heterocycles. The van der Waals surface area contributed by atoms with Crippen LogP contribution < -0.4 is 0 Å². The fraction of sp³-hybridized carbons (Fsp3) is 0. The van der Waals surface area contributed by atoms with Crippen molar-refractivity contribution in [3.63, 3.8) is 0 Å². The number of rotatable bonds is 5. The van der Waals surface area contributed by atoms with Gasteiger partial charge in [-0.3, -0.25) is 4.57 Å². The van der Waals surface area contributed by atoms with Crippen molar-refractivity contribution in [1.29, 1.82) is 0 Å². The second-order valence-corrected chi connectivity index (χ2v) is 18.7. The molecule has 298 valence electrons. The predicted molar refractivity (Wildman–Crippen MR) is 273 cm³/mol. The number of nitrogens with zero attached hydrogens (tertiary/aromatic N) is 4. The average Bonchev–Trinajstić information content (AvgIpc) is 4.12. The van der Waals surface area contributed by atoms with Gasteiger partial charge >= 0.3 is 0 Å². The van der Waals surface area contributed by atoms with Crippen LogP contribution in [-0.2, 0) is 0 Å². The maximum Gasteiger partial charge on any atom is 0.235 e. The van der Waals surface area contributed by atoms with E-state index < -0.39 is 0 Å². The van der Waals surface area contributed by atoms with Crippen LogP contribution in [0.5, 0.6) is 0 Å². The van der Waals surface area contributed by atoms with E-state index in [1.54, 1.807) is 11.3 Å². The molecule has 0 atom stereocenters. The number of thiophene rings is 2. The molecule has 0 fully saturated rings. The Bertz CT molecular complexity index is 4190. The van der Waals surface area contributed by atoms with Crippen molar-refractivity contribution in [1.82, 2.24) is 19.1 Å². The smallest absolute Gasteiger partial charge is 0.235 e. The lowest BCUT2D eigenvalue weighted by molar-refractivity contribution is 1.02. The monoisotopic (exact) mass is 850 g/mol. The van der Waals surface area contributed by atoms with Gasteiger partial charge in [0, 0.05) is 63.4 Å². The van der Waals surface area contributed by atoms with Crippen LogP contribution in [0.2, 0.25) is 0 Å². The maximum absolute atomic E-state index is 5.63. The second-order valence-electron chi connectivity index (χ2n) is 16.5. The van der Waals surface area contributed by atoms with Crippen LogP contribution in [-0.4, -0.2) is 19.1 Å². The zero-order chi connectivity index (χ0) is 41.9. The van der Waals surface area contributed by atoms with E-state index in [1.807, 2.05) is 11.3 Å². The standard InChI is InChI=1S/C58H34N4S2/c1-3-14-35(15-4-1)54-34-48-57(64-54)55(39-27-29-53-47(32-39)43-21-10-12-25-52(43)63-53)60-58(59-48)62-50-28-26-38(31-45(50)46-30-36-16-7-8-17-37(36)33-51(46)62)41-22-13-23-44-42-20-9-11-24-49(42)61(56(41)44)40-18-5-2-6-19-40/h1-34H. The molecule has 6 heteroatoms. The molecule has 4 nitrogen and oxygen atoms in total. The highest BCUT2D eigenvalue weighted by atomic mass is 32.1. The Kier molecular flexibility index (Phi) is 7.69. The molecule has 0 saturated carbocycles. The highest BCUT2D eigenvalue weighted by Crippen LogP contribution is 2.44. The lowest BCUT2D eigenvalue weighted by atomic mass is 9.99. The van der Waals surface area contributed by atoms with Gasteiger partial charge in [0.2, 0.25) is 5.95 Å². The fourth-order valence-corrected chi connectivity index (χ4v) is 12.2. The second kappa shape index (κ2) is 13.8. The summed E-state index contributed by atoms with van der Waals surface area (Å²) in [5.74, 6) is 0.657. The van der Waals surface area contributed by atoms with Crippen LogP contribution >= 0.6 is 22.7 Å². The highest BCUT2D eigenvalue weighted by Gasteiger charge is 2.22. The first kappa shape index (κ1) is 35.7. The van der Waals surface area contributed by atoms with Crippen LogP contribution in [0, 0.1) is 0 Å². The van der Waals surface area contributed by atoms with Gasteiger partial charge in [-0.1, -0.05) is 140 Å². The Hall–Kier alpha value is -7.90. The summed E-state index contributed by atoms with van der Waals surface area (Å²) in [7, 11) is 0. The topological polar surface area (TPSA) is 35.6 Å². The molecule has 0 spiro atoms. The molecular formula is C58H34N4S2. The average molecular weight is 851 g/mol. The molecule has 64 heavy (non-hydrogen) atoms. The fourth-order valence-electron chi connectivity index (χ4n) is 10.0. The Balaban J connectivity index is 1.05. The zero-order valence-electron chi connectivity index (χ0n) is 34.2. The Labute approximate surface area is 375 Å². The van der Waals surface area contributed by atoms with Crippen LogP contribution in [0.4, 0.5) is 0 Å². The molecule has 0 amide bonds. The van der Waals surface area contributed by atoms with E-state index >= 15 is 0 Å². The lowest BCUT2D eigenvalue weighted by Gasteiger charge is -2.12. The summed E-state index contributed by atoms with van der Waals surface area (Å²) >= 11 is 3.61. The third-order valence-corrected chi connectivity index (χ3v) is 15.3. The summed E-state index contributed by atoms with van der Waals surface area (Å²) in [5, 5.41) is 9.70. The molecule has 9 aromatic carbocycles. The minimum Gasteiger partial charge on any atom is -0.309 e. The maximum atomic E-state index is 5.63. The van der Waals surface area contributed by atoms with Gasteiger partial charge in [0.1, 0.15) is 0 Å². The van der Waals surface area contributed by atoms with Crippen LogP contribution in [0.3, 0.4) is 0 Å². The Morgan fingerprint density at radius 3 is 1.92 bits per heavy atom. The molecular weight excluding hydrogens is 817 g/mol. The molecule has 0 radical (unpaired) electrons. The van der Waals surface area contributed by atoms with E-state index in [0.29, 0.717) is 5.95 Å². The lowest BCUT2D eigenvalue weighted by Crippen LogP contribution is -2.02. The summed E-state index contributed by atoms with van der Waals surface area (Å²) < 4.78 is 8.37. The largest absolute Gasteiger partial charge is 0.309 e. The Morgan fingerprint density at radius 1 is 0.375 bits per heavy atom. The van der Waals surface area contributed by atoms with E-state index in [0.717, 1.165) is 54.5 Å². The highest BCUT2D eigenvalue weighted by molar-refractivity contribution is 7.25. The number of aromatic nitrogens is 4. The third kappa shape index (κ3) is 5.33. The normalized spacial score (nSPS) is 12.1. The number of hydrogen-bond acceptors (Lipinski definition) is 4. The van der Waals surface area contributed by atoms with Gasteiger partial charge < -0.3 is 4.57 Å². The third-order valence-electron chi connectivity index (χ3n) is 12.9. The van der Waals surface area contributed by atoms with Gasteiger partial charge in [-0.05, 0) is 88.6 Å². The number of para-hydroxylation sites is 3. The van der Waals surface area contributed by atoms with Crippen LogP contribution in [0.25, 0.3) is 129 Å². The number of benzene rings is 9. The van der Waals surface area contributed by atoms with Crippen molar-refractivity contribution in [2.75, 3.05) is 0 Å². The minimum atomic E-state index is 0.657. The van der Waals surface area contributed by atoms with E-state index in [2.05, 4.69) is 215 Å². The molecule has 0 aliphatic heterocycles. The van der Waals surface area contributed by atoms with E-state index in [-0.39, 0.29) is 0 Å². The summed E-state index contributed by atoms with van der Waals surface area (Å²) in [5.41, 5.74) is 12.2. The molecule has 0 unspecified atom stereocenters. The van der Waals surface area contributed by atoms with E-state index in [4.69, 9.17) is 9.97 Å². The van der Waals surface area contributed by atoms with E-state index in [9.17, 15) is 0 Å². The van der Waals surface area contributed by atoms with Gasteiger partial charge in [-0.2, -0.15) is 0 Å². The zero-order valence-corrected chi connectivity index (χ0v) is 35.9. The van der Waals surface area contributed by atoms with Crippen molar-refractivity contribution < 1.29 is 0 Å². The van der Waals surface area contributed by atoms with Crippen molar-refractivity contribution in [3.8, 4) is 44.5 Å². The number of hydrogen-bond donors (Lipinski definition) is 0. The molecule has 0 aliphatic carbocycles. The number of fused-ring (bicyclic) bond motifs is 11. The molecule has 14 rings (SSSR count). The van der Waals surface area contributed by atoms with Crippen molar-refractivity contribution >= 4 is 107 Å². The van der Waals surface area contributed by atoms with Gasteiger partial charge in [0.25, 0.3) is 0 Å². The quantitative estimate of drug-likeness (QED) is 0.173. The van der Waals surface area contributed by atoms with Gasteiger partial charge in [-0.25, -0.2) is 9.97 Å². The van der Waals surface area contributed by atoms with E-state index in [1.165, 1.54) is 68.8 Å². The van der Waals surface area contributed by atoms with Gasteiger partial charge in [0.15, 0.2) is 0 Å². The molecule has 0 N–H and O–H groups in total.